The Hall–Kier alpha value is -2.20. The van der Waals surface area contributed by atoms with Crippen molar-refractivity contribution in [2.45, 2.75) is 6.54 Å². The molecule has 3 aromatic rings. The van der Waals surface area contributed by atoms with Gasteiger partial charge in [0.1, 0.15) is 11.6 Å². The lowest BCUT2D eigenvalue weighted by Crippen LogP contribution is -2.03. The molecule has 2 aromatic heterocycles. The Morgan fingerprint density at radius 1 is 1.10 bits per heavy atom. The van der Waals surface area contributed by atoms with Crippen molar-refractivity contribution >= 4 is 11.6 Å². The lowest BCUT2D eigenvalue weighted by molar-refractivity contribution is 0.628. The smallest absolute Gasteiger partial charge is 0.141 e. The molecule has 2 heterocycles. The summed E-state index contributed by atoms with van der Waals surface area (Å²) >= 11 is 6.09. The number of aromatic nitrogens is 3. The molecule has 0 fully saturated rings. The van der Waals surface area contributed by atoms with E-state index in [4.69, 9.17) is 11.6 Å². The molecule has 0 saturated carbocycles. The minimum atomic E-state index is -0.360. The summed E-state index contributed by atoms with van der Waals surface area (Å²) < 4.78 is 15.0. The zero-order chi connectivity index (χ0) is 13.9. The molecule has 100 valence electrons. The van der Waals surface area contributed by atoms with E-state index in [1.165, 1.54) is 12.1 Å². The quantitative estimate of drug-likeness (QED) is 0.734. The van der Waals surface area contributed by atoms with Crippen LogP contribution in [-0.2, 0) is 6.54 Å². The molecule has 3 nitrogen and oxygen atoms in total. The number of rotatable bonds is 3. The van der Waals surface area contributed by atoms with Gasteiger partial charge in [-0.1, -0.05) is 17.7 Å². The fourth-order valence-electron chi connectivity index (χ4n) is 2.02. The first-order valence-corrected chi connectivity index (χ1v) is 6.48. The molecule has 0 aliphatic heterocycles. The summed E-state index contributed by atoms with van der Waals surface area (Å²) in [6.07, 6.45) is 5.29. The van der Waals surface area contributed by atoms with E-state index in [-0.39, 0.29) is 5.82 Å². The zero-order valence-corrected chi connectivity index (χ0v) is 11.3. The van der Waals surface area contributed by atoms with Gasteiger partial charge in [0, 0.05) is 24.2 Å². The molecule has 5 heteroatoms. The molecule has 0 N–H and O–H groups in total. The van der Waals surface area contributed by atoms with Gasteiger partial charge in [0.25, 0.3) is 0 Å². The maximum Gasteiger partial charge on any atom is 0.141 e. The average molecular weight is 288 g/mol. The van der Waals surface area contributed by atoms with Crippen molar-refractivity contribution < 1.29 is 4.39 Å². The number of imidazole rings is 1. The SMILES string of the molecule is Fc1ccc(-c2nccn2Cc2ccccn2)c(Cl)c1. The normalized spacial score (nSPS) is 10.7. The third-order valence-electron chi connectivity index (χ3n) is 2.95. The number of nitrogens with zero attached hydrogens (tertiary/aromatic N) is 3. The first kappa shape index (κ1) is 12.8. The zero-order valence-electron chi connectivity index (χ0n) is 10.5. The molecule has 0 unspecified atom stereocenters. The molecule has 0 amide bonds. The largest absolute Gasteiger partial charge is 0.325 e. The van der Waals surface area contributed by atoms with Crippen molar-refractivity contribution in [2.75, 3.05) is 0 Å². The van der Waals surface area contributed by atoms with Gasteiger partial charge in [0.05, 0.1) is 17.3 Å². The Morgan fingerprint density at radius 3 is 2.75 bits per heavy atom. The van der Waals surface area contributed by atoms with Crippen LogP contribution < -0.4 is 0 Å². The van der Waals surface area contributed by atoms with E-state index in [0.717, 1.165) is 5.69 Å². The van der Waals surface area contributed by atoms with E-state index in [0.29, 0.717) is 23.0 Å². The average Bonchev–Trinajstić information content (AvgIpc) is 2.88. The molecule has 0 radical (unpaired) electrons. The predicted octanol–water partition coefficient (Wildman–Crippen LogP) is 3.79. The summed E-state index contributed by atoms with van der Waals surface area (Å²) in [6, 6.07) is 10.0. The van der Waals surface area contributed by atoms with Crippen LogP contribution in [0.25, 0.3) is 11.4 Å². The second kappa shape index (κ2) is 5.43. The highest BCUT2D eigenvalue weighted by Gasteiger charge is 2.11. The summed E-state index contributed by atoms with van der Waals surface area (Å²) in [5.74, 6) is 0.335. The fourth-order valence-corrected chi connectivity index (χ4v) is 2.27. The van der Waals surface area contributed by atoms with E-state index in [1.54, 1.807) is 18.5 Å². The third-order valence-corrected chi connectivity index (χ3v) is 3.26. The molecule has 0 saturated heterocycles. The number of hydrogen-bond acceptors (Lipinski definition) is 2. The van der Waals surface area contributed by atoms with Crippen molar-refractivity contribution in [1.29, 1.82) is 0 Å². The van der Waals surface area contributed by atoms with Gasteiger partial charge < -0.3 is 4.57 Å². The van der Waals surface area contributed by atoms with Crippen molar-refractivity contribution in [2.24, 2.45) is 0 Å². The van der Waals surface area contributed by atoms with Gasteiger partial charge in [-0.2, -0.15) is 0 Å². The molecule has 0 aliphatic carbocycles. The lowest BCUT2D eigenvalue weighted by Gasteiger charge is -2.09. The third kappa shape index (κ3) is 2.56. The summed E-state index contributed by atoms with van der Waals surface area (Å²) in [5.41, 5.74) is 1.62. The summed E-state index contributed by atoms with van der Waals surface area (Å²) in [5, 5.41) is 0.346. The van der Waals surface area contributed by atoms with Crippen LogP contribution in [0.15, 0.2) is 55.0 Å². The van der Waals surface area contributed by atoms with Crippen molar-refractivity contribution in [3.8, 4) is 11.4 Å². The van der Waals surface area contributed by atoms with Crippen LogP contribution >= 0.6 is 11.6 Å². The fraction of sp³-hybridized carbons (Fsp3) is 0.0667. The molecular formula is C15H11ClFN3. The van der Waals surface area contributed by atoms with Gasteiger partial charge in [-0.25, -0.2) is 9.37 Å². The standard InChI is InChI=1S/C15H11ClFN3/c16-14-9-11(17)4-5-13(14)15-19-7-8-20(15)10-12-3-1-2-6-18-12/h1-9H,10H2. The topological polar surface area (TPSA) is 30.7 Å². The molecule has 20 heavy (non-hydrogen) atoms. The highest BCUT2D eigenvalue weighted by molar-refractivity contribution is 6.33. The molecule has 3 rings (SSSR count). The summed E-state index contributed by atoms with van der Waals surface area (Å²) in [6.45, 7) is 0.587. The van der Waals surface area contributed by atoms with Gasteiger partial charge in [0.15, 0.2) is 0 Å². The predicted molar refractivity (Wildman–Crippen MR) is 76.0 cm³/mol. The van der Waals surface area contributed by atoms with Crippen LogP contribution in [-0.4, -0.2) is 14.5 Å². The number of benzene rings is 1. The lowest BCUT2D eigenvalue weighted by atomic mass is 10.2. The van der Waals surface area contributed by atoms with Crippen LogP contribution in [0.5, 0.6) is 0 Å². The van der Waals surface area contributed by atoms with Crippen LogP contribution in [0.3, 0.4) is 0 Å². The van der Waals surface area contributed by atoms with Crippen LogP contribution in [0, 0.1) is 5.82 Å². The minimum absolute atomic E-state index is 0.346. The Morgan fingerprint density at radius 2 is 2.00 bits per heavy atom. The number of hydrogen-bond donors (Lipinski definition) is 0. The first-order valence-electron chi connectivity index (χ1n) is 6.10. The van der Waals surface area contributed by atoms with E-state index >= 15 is 0 Å². The van der Waals surface area contributed by atoms with Gasteiger partial charge in [-0.15, -0.1) is 0 Å². The number of halogens is 2. The summed E-state index contributed by atoms with van der Waals surface area (Å²) in [7, 11) is 0. The van der Waals surface area contributed by atoms with E-state index in [9.17, 15) is 4.39 Å². The van der Waals surface area contributed by atoms with E-state index in [1.807, 2.05) is 29.0 Å². The van der Waals surface area contributed by atoms with E-state index < -0.39 is 0 Å². The minimum Gasteiger partial charge on any atom is -0.325 e. The van der Waals surface area contributed by atoms with Crippen molar-refractivity contribution in [3.63, 3.8) is 0 Å². The van der Waals surface area contributed by atoms with Crippen molar-refractivity contribution in [1.82, 2.24) is 14.5 Å². The van der Waals surface area contributed by atoms with Gasteiger partial charge >= 0.3 is 0 Å². The molecule has 0 spiro atoms. The molecule has 0 atom stereocenters. The maximum atomic E-state index is 13.1. The Kier molecular flexibility index (Phi) is 3.48. The second-order valence-corrected chi connectivity index (χ2v) is 4.73. The highest BCUT2D eigenvalue weighted by Crippen LogP contribution is 2.27. The Labute approximate surface area is 120 Å². The van der Waals surface area contributed by atoms with Crippen LogP contribution in [0.4, 0.5) is 4.39 Å². The van der Waals surface area contributed by atoms with E-state index in [2.05, 4.69) is 9.97 Å². The van der Waals surface area contributed by atoms with Crippen molar-refractivity contribution in [3.05, 3.63) is 71.5 Å². The Bertz CT molecular complexity index is 725. The molecule has 1 aromatic carbocycles. The first-order chi connectivity index (χ1) is 9.74. The van der Waals surface area contributed by atoms with Gasteiger partial charge in [-0.05, 0) is 30.3 Å². The van der Waals surface area contributed by atoms with Gasteiger partial charge in [0.2, 0.25) is 0 Å². The van der Waals surface area contributed by atoms with Gasteiger partial charge in [-0.3, -0.25) is 4.98 Å². The van der Waals surface area contributed by atoms with Crippen LogP contribution in [0.2, 0.25) is 5.02 Å². The monoisotopic (exact) mass is 287 g/mol. The molecule has 0 bridgehead atoms. The highest BCUT2D eigenvalue weighted by atomic mass is 35.5. The number of pyridine rings is 1. The Balaban J connectivity index is 1.98. The second-order valence-electron chi connectivity index (χ2n) is 4.32. The summed E-state index contributed by atoms with van der Waals surface area (Å²) in [4.78, 5) is 8.58. The molecular weight excluding hydrogens is 277 g/mol. The van der Waals surface area contributed by atoms with Crippen LogP contribution in [0.1, 0.15) is 5.69 Å². The molecule has 0 aliphatic rings. The maximum absolute atomic E-state index is 13.1.